The number of nitrogens with zero attached hydrogens (tertiary/aromatic N) is 4. The molecule has 0 aliphatic carbocycles. The van der Waals surface area contributed by atoms with Gasteiger partial charge in [-0.05, 0) is 42.5 Å². The van der Waals surface area contributed by atoms with Crippen LogP contribution in [0.4, 0.5) is 4.39 Å². The van der Waals surface area contributed by atoms with Crippen LogP contribution in [-0.2, 0) is 0 Å². The number of aromatic nitrogens is 4. The fourth-order valence-electron chi connectivity index (χ4n) is 1.81. The Kier molecular flexibility index (Phi) is 4.21. The molecule has 0 saturated carbocycles. The topological polar surface area (TPSA) is 58.9 Å². The van der Waals surface area contributed by atoms with Crippen LogP contribution in [0, 0.1) is 10.6 Å². The van der Waals surface area contributed by atoms with Crippen molar-refractivity contribution in [3.8, 4) is 11.4 Å². The Morgan fingerprint density at radius 1 is 1.36 bits per heavy atom. The average molecular weight is 378 g/mol. The minimum Gasteiger partial charge on any atom is -0.264 e. The molecule has 0 atom stereocenters. The molecule has 0 saturated heterocycles. The van der Waals surface area contributed by atoms with Crippen LogP contribution >= 0.6 is 28.1 Å². The summed E-state index contributed by atoms with van der Waals surface area (Å²) in [5, 5.41) is 11.0. The third-order valence-electron chi connectivity index (χ3n) is 2.84. The molecule has 0 amide bonds. The summed E-state index contributed by atoms with van der Waals surface area (Å²) in [6.45, 7) is 0. The van der Waals surface area contributed by atoms with Crippen LogP contribution in [0.5, 0.6) is 0 Å². The Morgan fingerprint density at radius 2 is 2.23 bits per heavy atom. The molecule has 3 rings (SSSR count). The first-order valence-electron chi connectivity index (χ1n) is 6.22. The van der Waals surface area contributed by atoms with Crippen molar-refractivity contribution < 1.29 is 4.39 Å². The van der Waals surface area contributed by atoms with Crippen molar-refractivity contribution in [1.82, 2.24) is 19.9 Å². The highest BCUT2D eigenvalue weighted by atomic mass is 79.9. The highest BCUT2D eigenvalue weighted by Crippen LogP contribution is 2.17. The van der Waals surface area contributed by atoms with E-state index in [0.29, 0.717) is 16.2 Å². The third kappa shape index (κ3) is 3.02. The predicted octanol–water partition coefficient (Wildman–Crippen LogP) is 3.79. The molecule has 0 spiro atoms. The number of aromatic amines is 1. The number of H-pyrrole nitrogens is 1. The van der Waals surface area contributed by atoms with Crippen LogP contribution < -0.4 is 0 Å². The summed E-state index contributed by atoms with van der Waals surface area (Å²) in [5.41, 5.74) is 1.09. The van der Waals surface area contributed by atoms with Gasteiger partial charge in [0.2, 0.25) is 4.77 Å². The Hall–Kier alpha value is -2.19. The summed E-state index contributed by atoms with van der Waals surface area (Å²) in [7, 11) is 0. The molecule has 8 heteroatoms. The molecule has 3 aromatic rings. The number of hydrogen-bond donors (Lipinski definition) is 1. The molecule has 0 radical (unpaired) electrons. The zero-order chi connectivity index (χ0) is 15.5. The van der Waals surface area contributed by atoms with Gasteiger partial charge in [-0.3, -0.25) is 4.98 Å². The van der Waals surface area contributed by atoms with Crippen molar-refractivity contribution in [3.63, 3.8) is 0 Å². The summed E-state index contributed by atoms with van der Waals surface area (Å²) in [5.74, 6) is 0.134. The number of halogens is 2. The fourth-order valence-corrected chi connectivity index (χ4v) is 2.37. The van der Waals surface area contributed by atoms with Gasteiger partial charge in [0.15, 0.2) is 5.82 Å². The van der Waals surface area contributed by atoms with Crippen molar-refractivity contribution in [1.29, 1.82) is 0 Å². The van der Waals surface area contributed by atoms with E-state index in [1.54, 1.807) is 30.6 Å². The highest BCUT2D eigenvalue weighted by molar-refractivity contribution is 9.10. The van der Waals surface area contributed by atoms with Gasteiger partial charge in [0.25, 0.3) is 0 Å². The molecule has 0 aliphatic heterocycles. The molecule has 0 bridgehead atoms. The maximum absolute atomic E-state index is 13.7. The Bertz CT molecular complexity index is 888. The van der Waals surface area contributed by atoms with Crippen molar-refractivity contribution >= 4 is 34.4 Å². The largest absolute Gasteiger partial charge is 0.264 e. The van der Waals surface area contributed by atoms with Gasteiger partial charge >= 0.3 is 0 Å². The maximum atomic E-state index is 13.7. The number of pyridine rings is 1. The van der Waals surface area contributed by atoms with Gasteiger partial charge in [0.05, 0.1) is 6.21 Å². The minimum atomic E-state index is -0.370. The Balaban J connectivity index is 2.03. The zero-order valence-electron chi connectivity index (χ0n) is 11.1. The number of nitrogens with one attached hydrogen (secondary N) is 1. The molecule has 2 heterocycles. The number of hydrogen-bond acceptors (Lipinski definition) is 4. The molecule has 0 unspecified atom stereocenters. The van der Waals surface area contributed by atoms with Crippen LogP contribution in [0.15, 0.2) is 52.3 Å². The second-order valence-corrected chi connectivity index (χ2v) is 5.62. The molecule has 0 aliphatic rings. The summed E-state index contributed by atoms with van der Waals surface area (Å²) >= 11 is 8.45. The molecule has 1 aromatic carbocycles. The highest BCUT2D eigenvalue weighted by Gasteiger charge is 2.08. The predicted molar refractivity (Wildman–Crippen MR) is 87.7 cm³/mol. The Morgan fingerprint density at radius 3 is 3.00 bits per heavy atom. The van der Waals surface area contributed by atoms with Gasteiger partial charge in [-0.25, -0.2) is 9.49 Å². The average Bonchev–Trinajstić information content (AvgIpc) is 2.90. The van der Waals surface area contributed by atoms with E-state index in [4.69, 9.17) is 12.2 Å². The van der Waals surface area contributed by atoms with Crippen molar-refractivity contribution in [2.24, 2.45) is 5.10 Å². The van der Waals surface area contributed by atoms with Gasteiger partial charge < -0.3 is 0 Å². The summed E-state index contributed by atoms with van der Waals surface area (Å²) in [6.07, 6.45) is 4.71. The quantitative estimate of drug-likeness (QED) is 0.557. The monoisotopic (exact) mass is 377 g/mol. The molecular weight excluding hydrogens is 369 g/mol. The first-order chi connectivity index (χ1) is 10.6. The van der Waals surface area contributed by atoms with Crippen molar-refractivity contribution in [2.75, 3.05) is 0 Å². The smallest absolute Gasteiger partial charge is 0.216 e. The lowest BCUT2D eigenvalue weighted by atomic mass is 10.2. The van der Waals surface area contributed by atoms with Crippen molar-refractivity contribution in [3.05, 3.63) is 63.3 Å². The van der Waals surface area contributed by atoms with Gasteiger partial charge in [0.1, 0.15) is 5.82 Å². The lowest BCUT2D eigenvalue weighted by molar-refractivity contribution is 0.625. The molecule has 1 N–H and O–H groups in total. The molecule has 5 nitrogen and oxygen atoms in total. The van der Waals surface area contributed by atoms with Gasteiger partial charge in [-0.15, -0.1) is 0 Å². The molecular formula is C14H9BrFN5S. The van der Waals surface area contributed by atoms with Crippen LogP contribution in [-0.4, -0.2) is 26.1 Å². The van der Waals surface area contributed by atoms with Gasteiger partial charge in [-0.2, -0.15) is 14.9 Å². The van der Waals surface area contributed by atoms with E-state index in [-0.39, 0.29) is 5.82 Å². The van der Waals surface area contributed by atoms with Gasteiger partial charge in [0, 0.05) is 28.0 Å². The minimum absolute atomic E-state index is 0.311. The fraction of sp³-hybridized carbons (Fsp3) is 0. The van der Waals surface area contributed by atoms with E-state index < -0.39 is 0 Å². The lowest BCUT2D eigenvalue weighted by Gasteiger charge is -2.01. The summed E-state index contributed by atoms with van der Waals surface area (Å²) in [4.78, 5) is 4.04. The number of rotatable bonds is 3. The summed E-state index contributed by atoms with van der Waals surface area (Å²) in [6, 6.07) is 8.24. The normalized spacial score (nSPS) is 11.2. The first kappa shape index (κ1) is 14.7. The van der Waals surface area contributed by atoms with Crippen LogP contribution in [0.1, 0.15) is 5.56 Å². The maximum Gasteiger partial charge on any atom is 0.216 e. The second kappa shape index (κ2) is 6.29. The standard InChI is InChI=1S/C14H9BrFN5S/c15-11-3-4-12(16)10(6-11)8-18-21-13(19-20-14(21)22)9-2-1-5-17-7-9/h1-8H,(H,20,22)/b18-8+. The van der Waals surface area contributed by atoms with Crippen LogP contribution in [0.25, 0.3) is 11.4 Å². The van der Waals surface area contributed by atoms with Gasteiger partial charge in [-0.1, -0.05) is 15.9 Å². The van der Waals surface area contributed by atoms with E-state index in [9.17, 15) is 4.39 Å². The number of benzene rings is 1. The summed E-state index contributed by atoms with van der Waals surface area (Å²) < 4.78 is 16.2. The van der Waals surface area contributed by atoms with E-state index in [1.807, 2.05) is 6.07 Å². The van der Waals surface area contributed by atoms with Crippen LogP contribution in [0.3, 0.4) is 0 Å². The molecule has 110 valence electrons. The van der Waals surface area contributed by atoms with E-state index in [2.05, 4.69) is 36.2 Å². The van der Waals surface area contributed by atoms with Crippen LogP contribution in [0.2, 0.25) is 0 Å². The van der Waals surface area contributed by atoms with E-state index in [0.717, 1.165) is 10.0 Å². The van der Waals surface area contributed by atoms with Crippen molar-refractivity contribution in [2.45, 2.75) is 0 Å². The molecule has 22 heavy (non-hydrogen) atoms. The SMILES string of the molecule is Fc1ccc(Br)cc1/C=N/n1c(-c2cccnc2)n[nH]c1=S. The molecule has 0 fully saturated rings. The van der Waals surface area contributed by atoms with E-state index >= 15 is 0 Å². The third-order valence-corrected chi connectivity index (χ3v) is 3.60. The zero-order valence-corrected chi connectivity index (χ0v) is 13.5. The van der Waals surface area contributed by atoms with E-state index in [1.165, 1.54) is 17.0 Å². The lowest BCUT2D eigenvalue weighted by Crippen LogP contribution is -1.96. The first-order valence-corrected chi connectivity index (χ1v) is 7.42. The molecule has 2 aromatic heterocycles. The second-order valence-electron chi connectivity index (χ2n) is 4.32. The Labute approximate surface area is 138 Å².